The van der Waals surface area contributed by atoms with Crippen molar-refractivity contribution in [2.24, 2.45) is 0 Å². The fraction of sp³-hybridized carbons (Fsp3) is 0.833. The largest absolute Gasteiger partial charge is 0.394 e. The summed E-state index contributed by atoms with van der Waals surface area (Å²) in [6.45, 7) is 3.30. The predicted octanol–water partition coefficient (Wildman–Crippen LogP) is 5.66. The number of allylic oxidation sites excluding steroid dienone is 6. The topological polar surface area (TPSA) is 189 Å². The lowest BCUT2D eigenvalue weighted by Crippen LogP contribution is -2.60. The first-order valence-electron chi connectivity index (χ1n) is 20.9. The van der Waals surface area contributed by atoms with E-state index in [0.29, 0.717) is 19.3 Å². The Morgan fingerprint density at radius 1 is 0.642 bits per heavy atom. The molecule has 9 atom stereocenters. The molecule has 0 bridgehead atoms. The summed E-state index contributed by atoms with van der Waals surface area (Å²) in [6.07, 6.45) is 23.5. The Morgan fingerprint density at radius 3 is 1.75 bits per heavy atom. The molecule has 0 spiro atoms. The Morgan fingerprint density at radius 2 is 1.17 bits per heavy atom. The van der Waals surface area contributed by atoms with Gasteiger partial charge in [-0.3, -0.25) is 4.79 Å². The van der Waals surface area contributed by atoms with Gasteiger partial charge in [0.2, 0.25) is 5.91 Å². The third-order valence-electron chi connectivity index (χ3n) is 9.87. The van der Waals surface area contributed by atoms with Gasteiger partial charge in [-0.25, -0.2) is 0 Å². The number of aliphatic hydroxyl groups is 7. The van der Waals surface area contributed by atoms with Crippen LogP contribution < -0.4 is 5.32 Å². The van der Waals surface area contributed by atoms with E-state index in [9.17, 15) is 40.5 Å². The van der Waals surface area contributed by atoms with E-state index in [2.05, 4.69) is 49.5 Å². The molecule has 0 aromatic rings. The highest BCUT2D eigenvalue weighted by Gasteiger charge is 2.44. The number of hydrogen-bond acceptors (Lipinski definition) is 10. The minimum absolute atomic E-state index is 0.242. The molecular formula is C42H77NO10. The van der Waals surface area contributed by atoms with Crippen LogP contribution in [0.5, 0.6) is 0 Å². The minimum atomic E-state index is -1.67. The summed E-state index contributed by atoms with van der Waals surface area (Å²) in [4.78, 5) is 13.0. The first kappa shape index (κ1) is 49.3. The molecule has 1 amide bonds. The molecule has 1 aliphatic heterocycles. The van der Waals surface area contributed by atoms with Crippen LogP contribution in [0.15, 0.2) is 36.5 Å². The van der Waals surface area contributed by atoms with Crippen molar-refractivity contribution in [3.63, 3.8) is 0 Å². The van der Waals surface area contributed by atoms with Crippen molar-refractivity contribution in [1.82, 2.24) is 5.32 Å². The molecule has 53 heavy (non-hydrogen) atoms. The van der Waals surface area contributed by atoms with Crippen molar-refractivity contribution in [3.8, 4) is 0 Å². The van der Waals surface area contributed by atoms with Crippen molar-refractivity contribution < 1.29 is 50.0 Å². The maximum atomic E-state index is 13.0. The lowest BCUT2D eigenvalue weighted by atomic mass is 9.98. The quantitative estimate of drug-likeness (QED) is 0.0307. The fourth-order valence-electron chi connectivity index (χ4n) is 6.34. The summed E-state index contributed by atoms with van der Waals surface area (Å²) in [5.41, 5.74) is 0. The summed E-state index contributed by atoms with van der Waals surface area (Å²) in [6, 6.07) is -1.19. The van der Waals surface area contributed by atoms with Crippen LogP contribution in [0.2, 0.25) is 0 Å². The molecule has 310 valence electrons. The highest BCUT2D eigenvalue weighted by atomic mass is 16.7. The van der Waals surface area contributed by atoms with Gasteiger partial charge in [-0.15, -0.1) is 0 Å². The molecule has 0 radical (unpaired) electrons. The predicted molar refractivity (Wildman–Crippen MR) is 210 cm³/mol. The number of ether oxygens (including phenoxy) is 2. The van der Waals surface area contributed by atoms with Crippen LogP contribution in [-0.4, -0.2) is 110 Å². The Labute approximate surface area is 320 Å². The summed E-state index contributed by atoms with van der Waals surface area (Å²) in [7, 11) is 0. The van der Waals surface area contributed by atoms with Crippen molar-refractivity contribution in [1.29, 1.82) is 0 Å². The lowest BCUT2D eigenvalue weighted by Gasteiger charge is -2.40. The summed E-state index contributed by atoms with van der Waals surface area (Å²) < 4.78 is 11.0. The second-order valence-electron chi connectivity index (χ2n) is 14.7. The van der Waals surface area contributed by atoms with Crippen LogP contribution in [0.25, 0.3) is 0 Å². The Kier molecular flexibility index (Phi) is 30.3. The van der Waals surface area contributed by atoms with Crippen molar-refractivity contribution >= 4 is 5.91 Å². The monoisotopic (exact) mass is 756 g/mol. The molecule has 1 rings (SSSR count). The summed E-state index contributed by atoms with van der Waals surface area (Å²) in [5.74, 6) is -0.720. The zero-order chi connectivity index (χ0) is 39.1. The third-order valence-corrected chi connectivity index (χ3v) is 9.87. The molecule has 8 N–H and O–H groups in total. The molecule has 11 nitrogen and oxygen atoms in total. The van der Waals surface area contributed by atoms with E-state index >= 15 is 0 Å². The molecule has 9 unspecified atom stereocenters. The van der Waals surface area contributed by atoms with Crippen LogP contribution in [0, 0.1) is 0 Å². The van der Waals surface area contributed by atoms with E-state index in [1.165, 1.54) is 44.9 Å². The highest BCUT2D eigenvalue weighted by molar-refractivity contribution is 5.80. The maximum Gasteiger partial charge on any atom is 0.249 e. The molecule has 1 saturated heterocycles. The number of aliphatic hydroxyl groups excluding tert-OH is 7. The van der Waals surface area contributed by atoms with Gasteiger partial charge in [0.05, 0.1) is 25.4 Å². The van der Waals surface area contributed by atoms with Crippen LogP contribution in [0.1, 0.15) is 155 Å². The molecule has 0 saturated carbocycles. The Hall–Kier alpha value is -1.67. The zero-order valence-corrected chi connectivity index (χ0v) is 33.0. The van der Waals surface area contributed by atoms with E-state index in [1.54, 1.807) is 0 Å². The van der Waals surface area contributed by atoms with Crippen LogP contribution in [-0.2, 0) is 14.3 Å². The van der Waals surface area contributed by atoms with Crippen LogP contribution in [0.4, 0.5) is 0 Å². The third kappa shape index (κ3) is 23.1. The average Bonchev–Trinajstić information content (AvgIpc) is 3.16. The molecule has 1 aliphatic rings. The smallest absolute Gasteiger partial charge is 0.249 e. The molecule has 1 heterocycles. The van der Waals surface area contributed by atoms with Gasteiger partial charge in [-0.2, -0.15) is 0 Å². The molecule has 0 aromatic carbocycles. The van der Waals surface area contributed by atoms with Crippen molar-refractivity contribution in [2.75, 3.05) is 13.2 Å². The van der Waals surface area contributed by atoms with Gasteiger partial charge >= 0.3 is 0 Å². The number of amides is 1. The van der Waals surface area contributed by atoms with Gasteiger partial charge in [-0.05, 0) is 70.6 Å². The maximum absolute atomic E-state index is 13.0. The van der Waals surface area contributed by atoms with E-state index in [-0.39, 0.29) is 12.8 Å². The fourth-order valence-corrected chi connectivity index (χ4v) is 6.34. The number of hydrogen-bond donors (Lipinski definition) is 8. The van der Waals surface area contributed by atoms with Gasteiger partial charge in [0.15, 0.2) is 6.29 Å². The standard InChI is InChI=1S/C42H77NO10/c1-3-5-7-9-11-13-15-16-17-18-19-20-22-24-26-28-30-35(46)41(51)43-33(32-52-42-40(50)39(49)38(48)36(31-44)53-42)37(47)34(45)29-27-25-23-21-14-12-10-8-6-4-2/h8,10,16-17,21,23,33-40,42,44-50H,3-7,9,11-15,18-20,22,24-32H2,1-2H3,(H,43,51)/b10-8+,17-16-,23-21+. The second kappa shape index (κ2) is 32.6. The Bertz CT molecular complexity index is 960. The van der Waals surface area contributed by atoms with Crippen molar-refractivity contribution in [3.05, 3.63) is 36.5 Å². The first-order chi connectivity index (χ1) is 25.7. The van der Waals surface area contributed by atoms with Gasteiger partial charge in [0.1, 0.15) is 36.6 Å². The summed E-state index contributed by atoms with van der Waals surface area (Å²) >= 11 is 0. The number of carbonyl (C=O) groups is 1. The zero-order valence-electron chi connectivity index (χ0n) is 33.0. The van der Waals surface area contributed by atoms with Crippen molar-refractivity contribution in [2.45, 2.75) is 210 Å². The Balaban J connectivity index is 2.52. The van der Waals surface area contributed by atoms with Crippen LogP contribution in [0.3, 0.4) is 0 Å². The van der Waals surface area contributed by atoms with Gasteiger partial charge in [0.25, 0.3) is 0 Å². The van der Waals surface area contributed by atoms with E-state index < -0.39 is 74.2 Å². The molecule has 0 aliphatic carbocycles. The number of rotatable bonds is 33. The lowest BCUT2D eigenvalue weighted by molar-refractivity contribution is -0.303. The van der Waals surface area contributed by atoms with Crippen LogP contribution >= 0.6 is 0 Å². The normalized spacial score (nSPS) is 23.2. The van der Waals surface area contributed by atoms with Gasteiger partial charge in [0, 0.05) is 0 Å². The molecule has 11 heteroatoms. The highest BCUT2D eigenvalue weighted by Crippen LogP contribution is 2.23. The van der Waals surface area contributed by atoms with E-state index in [0.717, 1.165) is 64.2 Å². The molecular weight excluding hydrogens is 678 g/mol. The minimum Gasteiger partial charge on any atom is -0.394 e. The average molecular weight is 756 g/mol. The van der Waals surface area contributed by atoms with E-state index in [4.69, 9.17) is 9.47 Å². The molecule has 1 fully saturated rings. The number of unbranched alkanes of at least 4 members (excludes halogenated alkanes) is 15. The van der Waals surface area contributed by atoms with E-state index in [1.807, 2.05) is 6.08 Å². The first-order valence-corrected chi connectivity index (χ1v) is 20.9. The molecule has 0 aromatic heterocycles. The van der Waals surface area contributed by atoms with Gasteiger partial charge in [-0.1, -0.05) is 121 Å². The number of nitrogens with one attached hydrogen (secondary N) is 1. The SMILES string of the molecule is CCC/C=C/CC/C=C/CCCC(O)C(O)C(COC1OC(CO)C(O)C(O)C1O)NC(=O)C(O)CCCCCCCC/C=C\CCCCCCCC. The second-order valence-corrected chi connectivity index (χ2v) is 14.7. The summed E-state index contributed by atoms with van der Waals surface area (Å²) in [5, 5.41) is 75.2. The van der Waals surface area contributed by atoms with Gasteiger partial charge < -0.3 is 50.5 Å². The number of carbonyl (C=O) groups excluding carboxylic acids is 1.